The van der Waals surface area contributed by atoms with Crippen molar-refractivity contribution in [2.24, 2.45) is 0 Å². The van der Waals surface area contributed by atoms with E-state index in [4.69, 9.17) is 4.74 Å². The number of benzene rings is 2. The molecule has 0 amide bonds. The van der Waals surface area contributed by atoms with Gasteiger partial charge in [-0.25, -0.2) is 0 Å². The van der Waals surface area contributed by atoms with Crippen LogP contribution in [-0.2, 0) is 6.42 Å². The maximum absolute atomic E-state index is 5.77. The van der Waals surface area contributed by atoms with Gasteiger partial charge in [-0.05, 0) is 48.6 Å². The predicted molar refractivity (Wildman–Crippen MR) is 89.8 cm³/mol. The highest BCUT2D eigenvalue weighted by Crippen LogP contribution is 2.29. The Balaban J connectivity index is 1.50. The number of hydrogen-bond donors (Lipinski definition) is 1. The largest absolute Gasteiger partial charge is 0.492 e. The second-order valence-corrected chi connectivity index (χ2v) is 6.32. The van der Waals surface area contributed by atoms with Crippen molar-refractivity contribution in [1.29, 1.82) is 0 Å². The van der Waals surface area contributed by atoms with Gasteiger partial charge in [0.25, 0.3) is 0 Å². The Bertz CT molecular complexity index is 599. The number of ether oxygens (including phenoxy) is 1. The van der Waals surface area contributed by atoms with Crippen LogP contribution in [0.5, 0.6) is 5.75 Å². The highest BCUT2D eigenvalue weighted by Gasteiger charge is 2.18. The van der Waals surface area contributed by atoms with Crippen molar-refractivity contribution < 1.29 is 4.74 Å². The van der Waals surface area contributed by atoms with E-state index in [-0.39, 0.29) is 0 Å². The van der Waals surface area contributed by atoms with E-state index in [0.29, 0.717) is 12.6 Å². The van der Waals surface area contributed by atoms with Crippen molar-refractivity contribution in [3.63, 3.8) is 0 Å². The SMILES string of the molecule is Brc1cccc(OCCNC2CCCc3ccccc32)c1. The van der Waals surface area contributed by atoms with Crippen molar-refractivity contribution in [3.05, 3.63) is 64.1 Å². The zero-order valence-electron chi connectivity index (χ0n) is 12.0. The summed E-state index contributed by atoms with van der Waals surface area (Å²) in [5.41, 5.74) is 2.96. The molecule has 110 valence electrons. The monoisotopic (exact) mass is 345 g/mol. The second-order valence-electron chi connectivity index (χ2n) is 5.40. The molecule has 21 heavy (non-hydrogen) atoms. The third kappa shape index (κ3) is 3.86. The number of halogens is 1. The van der Waals surface area contributed by atoms with E-state index in [9.17, 15) is 0 Å². The first kappa shape index (κ1) is 14.6. The van der Waals surface area contributed by atoms with E-state index in [2.05, 4.69) is 45.5 Å². The first-order chi connectivity index (χ1) is 10.3. The quantitative estimate of drug-likeness (QED) is 0.805. The van der Waals surface area contributed by atoms with E-state index in [0.717, 1.165) is 16.8 Å². The van der Waals surface area contributed by atoms with Crippen LogP contribution in [0.15, 0.2) is 53.0 Å². The number of aryl methyl sites for hydroxylation is 1. The number of fused-ring (bicyclic) bond motifs is 1. The molecule has 0 radical (unpaired) electrons. The van der Waals surface area contributed by atoms with Crippen molar-refractivity contribution in [2.75, 3.05) is 13.2 Å². The van der Waals surface area contributed by atoms with Crippen LogP contribution in [0.4, 0.5) is 0 Å². The van der Waals surface area contributed by atoms with Gasteiger partial charge < -0.3 is 10.1 Å². The minimum Gasteiger partial charge on any atom is -0.492 e. The third-order valence-corrected chi connectivity index (χ3v) is 4.42. The fraction of sp³-hybridized carbons (Fsp3) is 0.333. The molecule has 0 saturated heterocycles. The van der Waals surface area contributed by atoms with Crippen LogP contribution in [0.25, 0.3) is 0 Å². The van der Waals surface area contributed by atoms with Crippen LogP contribution < -0.4 is 10.1 Å². The van der Waals surface area contributed by atoms with Gasteiger partial charge in [-0.1, -0.05) is 46.3 Å². The van der Waals surface area contributed by atoms with E-state index in [1.54, 1.807) is 0 Å². The molecule has 2 nitrogen and oxygen atoms in total. The lowest BCUT2D eigenvalue weighted by Gasteiger charge is -2.26. The summed E-state index contributed by atoms with van der Waals surface area (Å²) in [6, 6.07) is 17.2. The summed E-state index contributed by atoms with van der Waals surface area (Å²) < 4.78 is 6.82. The molecule has 3 heteroatoms. The molecular weight excluding hydrogens is 326 g/mol. The minimum atomic E-state index is 0.473. The molecule has 3 rings (SSSR count). The molecule has 1 atom stereocenters. The first-order valence-corrected chi connectivity index (χ1v) is 8.32. The van der Waals surface area contributed by atoms with Gasteiger partial charge in [-0.15, -0.1) is 0 Å². The van der Waals surface area contributed by atoms with Crippen LogP contribution in [0.1, 0.15) is 30.0 Å². The second kappa shape index (κ2) is 7.10. The van der Waals surface area contributed by atoms with E-state index < -0.39 is 0 Å². The molecule has 0 spiro atoms. The van der Waals surface area contributed by atoms with Crippen LogP contribution in [0.3, 0.4) is 0 Å². The van der Waals surface area contributed by atoms with Gasteiger partial charge in [-0.2, -0.15) is 0 Å². The van der Waals surface area contributed by atoms with Gasteiger partial charge in [-0.3, -0.25) is 0 Å². The summed E-state index contributed by atoms with van der Waals surface area (Å²) in [5, 5.41) is 3.63. The molecule has 0 saturated carbocycles. The summed E-state index contributed by atoms with van der Waals surface area (Å²) >= 11 is 3.46. The predicted octanol–water partition coefficient (Wildman–Crippen LogP) is 4.50. The first-order valence-electron chi connectivity index (χ1n) is 7.52. The molecule has 1 aliphatic carbocycles. The Labute approximate surface area is 134 Å². The number of rotatable bonds is 5. The Hall–Kier alpha value is -1.32. The summed E-state index contributed by atoms with van der Waals surface area (Å²) in [4.78, 5) is 0. The molecule has 1 N–H and O–H groups in total. The van der Waals surface area contributed by atoms with E-state index >= 15 is 0 Å². The zero-order chi connectivity index (χ0) is 14.5. The zero-order valence-corrected chi connectivity index (χ0v) is 13.6. The van der Waals surface area contributed by atoms with Gasteiger partial charge in [0.15, 0.2) is 0 Å². The summed E-state index contributed by atoms with van der Waals surface area (Å²) in [7, 11) is 0. The maximum Gasteiger partial charge on any atom is 0.120 e. The van der Waals surface area contributed by atoms with Gasteiger partial charge in [0.05, 0.1) is 0 Å². The fourth-order valence-corrected chi connectivity index (χ4v) is 3.30. The van der Waals surface area contributed by atoms with Crippen LogP contribution in [-0.4, -0.2) is 13.2 Å². The molecular formula is C18H20BrNO. The van der Waals surface area contributed by atoms with E-state index in [1.807, 2.05) is 24.3 Å². The lowest BCUT2D eigenvalue weighted by atomic mass is 9.88. The Morgan fingerprint density at radius 2 is 2.05 bits per heavy atom. The van der Waals surface area contributed by atoms with Gasteiger partial charge in [0.1, 0.15) is 12.4 Å². The molecule has 0 aromatic heterocycles. The van der Waals surface area contributed by atoms with Crippen molar-refractivity contribution in [3.8, 4) is 5.75 Å². The minimum absolute atomic E-state index is 0.473. The average Bonchev–Trinajstić information content (AvgIpc) is 2.52. The summed E-state index contributed by atoms with van der Waals surface area (Å²) in [6.45, 7) is 1.56. The molecule has 2 aromatic carbocycles. The Morgan fingerprint density at radius 3 is 2.95 bits per heavy atom. The lowest BCUT2D eigenvalue weighted by Crippen LogP contribution is -2.28. The van der Waals surface area contributed by atoms with Crippen molar-refractivity contribution in [2.45, 2.75) is 25.3 Å². The van der Waals surface area contributed by atoms with Crippen molar-refractivity contribution in [1.82, 2.24) is 5.32 Å². The Kier molecular flexibility index (Phi) is 4.94. The topological polar surface area (TPSA) is 21.3 Å². The molecule has 0 fully saturated rings. The van der Waals surface area contributed by atoms with Crippen LogP contribution in [0.2, 0.25) is 0 Å². The molecule has 1 aliphatic rings. The van der Waals surface area contributed by atoms with Gasteiger partial charge >= 0.3 is 0 Å². The number of hydrogen-bond acceptors (Lipinski definition) is 2. The lowest BCUT2D eigenvalue weighted by molar-refractivity contribution is 0.300. The molecule has 0 heterocycles. The molecule has 0 bridgehead atoms. The van der Waals surface area contributed by atoms with Gasteiger partial charge in [0.2, 0.25) is 0 Å². The fourth-order valence-electron chi connectivity index (χ4n) is 2.92. The highest BCUT2D eigenvalue weighted by atomic mass is 79.9. The maximum atomic E-state index is 5.77. The third-order valence-electron chi connectivity index (χ3n) is 3.93. The molecule has 0 aliphatic heterocycles. The molecule has 2 aromatic rings. The standard InChI is InChI=1S/C18H20BrNO/c19-15-7-4-8-16(13-15)21-12-11-20-18-10-3-6-14-5-1-2-9-17(14)18/h1-2,4-5,7-9,13,18,20H,3,6,10-12H2. The average molecular weight is 346 g/mol. The number of nitrogens with one attached hydrogen (secondary N) is 1. The van der Waals surface area contributed by atoms with Crippen LogP contribution >= 0.6 is 15.9 Å². The highest BCUT2D eigenvalue weighted by molar-refractivity contribution is 9.10. The summed E-state index contributed by atoms with van der Waals surface area (Å²) in [6.07, 6.45) is 3.69. The van der Waals surface area contributed by atoms with Gasteiger partial charge in [0, 0.05) is 17.1 Å². The smallest absolute Gasteiger partial charge is 0.120 e. The summed E-state index contributed by atoms with van der Waals surface area (Å²) in [5.74, 6) is 0.912. The normalized spacial score (nSPS) is 17.3. The van der Waals surface area contributed by atoms with Crippen molar-refractivity contribution >= 4 is 15.9 Å². The molecule has 1 unspecified atom stereocenters. The Morgan fingerprint density at radius 1 is 1.14 bits per heavy atom. The van der Waals surface area contributed by atoms with Crippen LogP contribution in [0, 0.1) is 0 Å². The van der Waals surface area contributed by atoms with E-state index in [1.165, 1.54) is 30.4 Å².